The van der Waals surface area contributed by atoms with E-state index in [0.717, 1.165) is 34.3 Å². The zero-order valence-corrected chi connectivity index (χ0v) is 16.5. The number of hydrogen-bond donors (Lipinski definition) is 0. The van der Waals surface area contributed by atoms with E-state index in [9.17, 15) is 9.59 Å². The third kappa shape index (κ3) is 3.88. The molecule has 0 fully saturated rings. The van der Waals surface area contributed by atoms with Crippen LogP contribution in [0.15, 0.2) is 41.4 Å². The number of ether oxygens (including phenoxy) is 1. The Labute approximate surface area is 161 Å². The summed E-state index contributed by atoms with van der Waals surface area (Å²) in [6.07, 6.45) is 0. The molecule has 0 spiro atoms. The van der Waals surface area contributed by atoms with Gasteiger partial charge in [-0.2, -0.15) is 5.10 Å². The van der Waals surface area contributed by atoms with E-state index in [1.165, 1.54) is 6.92 Å². The molecule has 7 heteroatoms. The molecule has 0 aliphatic rings. The molecule has 0 radical (unpaired) electrons. The van der Waals surface area contributed by atoms with Crippen LogP contribution in [0.4, 0.5) is 0 Å². The highest BCUT2D eigenvalue weighted by molar-refractivity contribution is 8.01. The summed E-state index contributed by atoms with van der Waals surface area (Å²) in [5.41, 5.74) is 4.28. The molecular formula is C20H21N3O3S. The molecular weight excluding hydrogens is 362 g/mol. The maximum atomic E-state index is 12.2. The average Bonchev–Trinajstić information content (AvgIpc) is 2.96. The number of Topliss-reactive ketones (excluding diaryl/α,β-unsaturated/α-hetero) is 1. The van der Waals surface area contributed by atoms with Crippen LogP contribution >= 0.6 is 11.8 Å². The van der Waals surface area contributed by atoms with Gasteiger partial charge in [-0.05, 0) is 39.3 Å². The van der Waals surface area contributed by atoms with Crippen LogP contribution in [0, 0.1) is 13.8 Å². The van der Waals surface area contributed by atoms with Crippen LogP contribution < -0.4 is 0 Å². The first-order chi connectivity index (χ1) is 12.9. The molecule has 3 rings (SSSR count). The molecule has 0 saturated carbocycles. The van der Waals surface area contributed by atoms with Gasteiger partial charge in [-0.15, -0.1) is 0 Å². The number of ketones is 1. The van der Waals surface area contributed by atoms with Crippen molar-refractivity contribution >= 4 is 29.2 Å². The summed E-state index contributed by atoms with van der Waals surface area (Å²) in [5, 5.41) is 4.36. The van der Waals surface area contributed by atoms with Gasteiger partial charge in [0.25, 0.3) is 0 Å². The number of benzene rings is 1. The molecule has 3 aromatic rings. The fourth-order valence-electron chi connectivity index (χ4n) is 2.87. The molecule has 0 unspecified atom stereocenters. The highest BCUT2D eigenvalue weighted by atomic mass is 32.2. The Morgan fingerprint density at radius 1 is 1.22 bits per heavy atom. The van der Waals surface area contributed by atoms with Gasteiger partial charge in [0.05, 0.1) is 12.3 Å². The topological polar surface area (TPSA) is 73.6 Å². The van der Waals surface area contributed by atoms with Gasteiger partial charge in [0, 0.05) is 11.3 Å². The Bertz CT molecular complexity index is 999. The lowest BCUT2D eigenvalue weighted by Gasteiger charge is -2.13. The van der Waals surface area contributed by atoms with E-state index in [0.29, 0.717) is 10.7 Å². The molecule has 0 bridgehead atoms. The van der Waals surface area contributed by atoms with Gasteiger partial charge < -0.3 is 4.74 Å². The number of carbonyl (C=O) groups excluding carboxylic acids is 2. The predicted octanol–water partition coefficient (Wildman–Crippen LogP) is 3.63. The minimum absolute atomic E-state index is 0.229. The molecule has 0 amide bonds. The number of aryl methyl sites for hydroxylation is 2. The van der Waals surface area contributed by atoms with Gasteiger partial charge in [0.15, 0.2) is 16.7 Å². The van der Waals surface area contributed by atoms with Gasteiger partial charge in [0.1, 0.15) is 5.03 Å². The third-order valence-electron chi connectivity index (χ3n) is 4.03. The van der Waals surface area contributed by atoms with E-state index in [2.05, 4.69) is 10.1 Å². The molecule has 2 heterocycles. The number of fused-ring (bicyclic) bond motifs is 1. The second kappa shape index (κ2) is 7.92. The van der Waals surface area contributed by atoms with Gasteiger partial charge in [-0.1, -0.05) is 42.1 Å². The van der Waals surface area contributed by atoms with E-state index in [1.54, 1.807) is 11.4 Å². The van der Waals surface area contributed by atoms with Gasteiger partial charge in [0.2, 0.25) is 0 Å². The molecule has 1 aromatic carbocycles. The first-order valence-electron chi connectivity index (χ1n) is 8.68. The summed E-state index contributed by atoms with van der Waals surface area (Å²) in [6.45, 7) is 7.15. The molecule has 1 atom stereocenters. The van der Waals surface area contributed by atoms with Crippen molar-refractivity contribution in [2.45, 2.75) is 38.0 Å². The van der Waals surface area contributed by atoms with Crippen molar-refractivity contribution in [1.82, 2.24) is 14.6 Å². The number of aromatic nitrogens is 3. The van der Waals surface area contributed by atoms with Crippen molar-refractivity contribution in [3.05, 3.63) is 47.8 Å². The monoisotopic (exact) mass is 383 g/mol. The van der Waals surface area contributed by atoms with Crippen molar-refractivity contribution in [1.29, 1.82) is 0 Å². The zero-order chi connectivity index (χ0) is 19.6. The van der Waals surface area contributed by atoms with E-state index in [-0.39, 0.29) is 12.4 Å². The van der Waals surface area contributed by atoms with E-state index < -0.39 is 11.2 Å². The van der Waals surface area contributed by atoms with Crippen LogP contribution in [0.25, 0.3) is 16.8 Å². The summed E-state index contributed by atoms with van der Waals surface area (Å²) >= 11 is 1.14. The lowest BCUT2D eigenvalue weighted by molar-refractivity contribution is -0.144. The maximum Gasteiger partial charge on any atom is 0.327 e. The summed E-state index contributed by atoms with van der Waals surface area (Å²) in [7, 11) is 0. The largest absolute Gasteiger partial charge is 0.465 e. The Balaban J connectivity index is 2.12. The number of esters is 1. The lowest BCUT2D eigenvalue weighted by atomic mass is 10.1. The van der Waals surface area contributed by atoms with Crippen LogP contribution in [0.2, 0.25) is 0 Å². The summed E-state index contributed by atoms with van der Waals surface area (Å²) in [4.78, 5) is 28.9. The summed E-state index contributed by atoms with van der Waals surface area (Å²) in [5.74, 6) is -0.794. The Morgan fingerprint density at radius 2 is 1.93 bits per heavy atom. The number of thioether (sulfide) groups is 1. The van der Waals surface area contributed by atoms with Crippen LogP contribution in [0.5, 0.6) is 0 Å². The third-order valence-corrected chi connectivity index (χ3v) is 5.32. The Hall–Kier alpha value is -2.67. The quantitative estimate of drug-likeness (QED) is 0.280. The van der Waals surface area contributed by atoms with E-state index in [4.69, 9.17) is 4.74 Å². The van der Waals surface area contributed by atoms with Gasteiger partial charge in [-0.3, -0.25) is 9.59 Å². The summed E-state index contributed by atoms with van der Waals surface area (Å²) in [6, 6.07) is 11.7. The highest BCUT2D eigenvalue weighted by Crippen LogP contribution is 2.32. The normalized spacial score (nSPS) is 12.1. The lowest BCUT2D eigenvalue weighted by Crippen LogP contribution is -2.27. The first-order valence-corrected chi connectivity index (χ1v) is 9.56. The smallest absolute Gasteiger partial charge is 0.327 e. The van der Waals surface area contributed by atoms with Crippen molar-refractivity contribution in [2.75, 3.05) is 6.61 Å². The molecule has 0 saturated heterocycles. The second-order valence-electron chi connectivity index (χ2n) is 6.16. The van der Waals surface area contributed by atoms with Crippen molar-refractivity contribution in [2.24, 2.45) is 0 Å². The number of nitrogens with zero attached hydrogens (tertiary/aromatic N) is 3. The van der Waals surface area contributed by atoms with Crippen molar-refractivity contribution < 1.29 is 14.3 Å². The van der Waals surface area contributed by atoms with Crippen LogP contribution in [0.3, 0.4) is 0 Å². The minimum atomic E-state index is -0.931. The molecule has 0 N–H and O–H groups in total. The molecule has 0 aliphatic heterocycles. The first kappa shape index (κ1) is 19.1. The highest BCUT2D eigenvalue weighted by Gasteiger charge is 2.28. The number of rotatable bonds is 6. The fraction of sp³-hybridized carbons (Fsp3) is 0.300. The Kier molecular flexibility index (Phi) is 5.60. The fourth-order valence-corrected chi connectivity index (χ4v) is 3.91. The van der Waals surface area contributed by atoms with E-state index in [1.807, 2.05) is 50.2 Å². The maximum absolute atomic E-state index is 12.2. The van der Waals surface area contributed by atoms with Crippen LogP contribution in [-0.2, 0) is 14.3 Å². The molecule has 0 aliphatic carbocycles. The summed E-state index contributed by atoms with van der Waals surface area (Å²) < 4.78 is 6.75. The van der Waals surface area contributed by atoms with Crippen molar-refractivity contribution in [3.63, 3.8) is 0 Å². The van der Waals surface area contributed by atoms with Gasteiger partial charge in [-0.25, -0.2) is 9.50 Å². The SMILES string of the molecule is CCOC(=O)[C@@H](Sc1cc(C)nc2c(-c3ccccc3)c(C)nn12)C(C)=O. The molecule has 6 nitrogen and oxygen atoms in total. The van der Waals surface area contributed by atoms with Crippen LogP contribution in [-0.4, -0.2) is 38.2 Å². The molecule has 27 heavy (non-hydrogen) atoms. The number of hydrogen-bond acceptors (Lipinski definition) is 6. The number of carbonyl (C=O) groups is 2. The predicted molar refractivity (Wildman–Crippen MR) is 105 cm³/mol. The Morgan fingerprint density at radius 3 is 2.56 bits per heavy atom. The average molecular weight is 383 g/mol. The molecule has 2 aromatic heterocycles. The zero-order valence-electron chi connectivity index (χ0n) is 15.7. The molecule has 140 valence electrons. The standard InChI is InChI=1S/C20H21N3O3S/c1-5-26-20(25)18(14(4)24)27-16-11-12(2)21-19-17(13(3)22-23(16)19)15-9-7-6-8-10-15/h6-11,18H,5H2,1-4H3/t18-/m0/s1. The van der Waals surface area contributed by atoms with Crippen LogP contribution in [0.1, 0.15) is 25.2 Å². The van der Waals surface area contributed by atoms with E-state index >= 15 is 0 Å². The van der Waals surface area contributed by atoms with Crippen molar-refractivity contribution in [3.8, 4) is 11.1 Å². The van der Waals surface area contributed by atoms with Gasteiger partial charge >= 0.3 is 5.97 Å². The minimum Gasteiger partial charge on any atom is -0.465 e. The second-order valence-corrected chi connectivity index (χ2v) is 7.28.